The maximum absolute atomic E-state index is 14.7. The molecule has 2 aromatic carbocycles. The predicted molar refractivity (Wildman–Crippen MR) is 112 cm³/mol. The predicted octanol–water partition coefficient (Wildman–Crippen LogP) is 3.40. The molecule has 0 saturated carbocycles. The van der Waals surface area contributed by atoms with Gasteiger partial charge in [0.15, 0.2) is 17.6 Å². The third kappa shape index (κ3) is 4.76. The Kier molecular flexibility index (Phi) is 5.94. The summed E-state index contributed by atoms with van der Waals surface area (Å²) in [4.78, 5) is 14.2. The highest BCUT2D eigenvalue weighted by Crippen LogP contribution is 2.30. The summed E-state index contributed by atoms with van der Waals surface area (Å²) < 4.78 is 31.8. The summed E-state index contributed by atoms with van der Waals surface area (Å²) >= 11 is 0. The highest BCUT2D eigenvalue weighted by Gasteiger charge is 2.25. The Morgan fingerprint density at radius 1 is 1.13 bits per heavy atom. The number of carbonyl (C=O) groups is 1. The minimum Gasteiger partial charge on any atom is -0.486 e. The van der Waals surface area contributed by atoms with Gasteiger partial charge in [-0.15, -0.1) is 0 Å². The van der Waals surface area contributed by atoms with E-state index >= 15 is 0 Å². The van der Waals surface area contributed by atoms with Gasteiger partial charge < -0.3 is 29.7 Å². The third-order valence-corrected chi connectivity index (χ3v) is 5.02. The van der Waals surface area contributed by atoms with E-state index in [9.17, 15) is 9.18 Å². The Hall–Kier alpha value is -3.00. The highest BCUT2D eigenvalue weighted by molar-refractivity contribution is 5.89. The molecule has 2 aromatic rings. The lowest BCUT2D eigenvalue weighted by atomic mass is 10.2. The van der Waals surface area contributed by atoms with Gasteiger partial charge in [0.25, 0.3) is 0 Å². The molecule has 2 N–H and O–H groups in total. The zero-order valence-corrected chi connectivity index (χ0v) is 17.1. The molecule has 0 unspecified atom stereocenters. The van der Waals surface area contributed by atoms with Gasteiger partial charge in [-0.1, -0.05) is 12.1 Å². The number of halogens is 1. The minimum atomic E-state index is -0.432. The van der Waals surface area contributed by atoms with Gasteiger partial charge in [-0.2, -0.15) is 0 Å². The number of amides is 2. The summed E-state index contributed by atoms with van der Waals surface area (Å²) in [6.45, 7) is 5.81. The number of benzene rings is 2. The van der Waals surface area contributed by atoms with Crippen LogP contribution in [0.1, 0.15) is 13.8 Å². The summed E-state index contributed by atoms with van der Waals surface area (Å²) in [5.41, 5.74) is 0.892. The zero-order chi connectivity index (χ0) is 21.1. The van der Waals surface area contributed by atoms with Crippen LogP contribution in [0.4, 0.5) is 20.6 Å². The molecule has 7 nitrogen and oxygen atoms in total. The molecule has 4 rings (SSSR count). The van der Waals surface area contributed by atoms with Crippen molar-refractivity contribution in [2.45, 2.75) is 32.2 Å². The van der Waals surface area contributed by atoms with Crippen molar-refractivity contribution in [3.63, 3.8) is 0 Å². The number of nitrogens with one attached hydrogen (secondary N) is 2. The van der Waals surface area contributed by atoms with Crippen LogP contribution in [0.3, 0.4) is 0 Å². The van der Waals surface area contributed by atoms with Crippen molar-refractivity contribution < 1.29 is 23.4 Å². The van der Waals surface area contributed by atoms with Crippen LogP contribution < -0.4 is 25.0 Å². The van der Waals surface area contributed by atoms with Crippen molar-refractivity contribution in [1.82, 2.24) is 5.32 Å². The minimum absolute atomic E-state index is 0.0367. The fourth-order valence-corrected chi connectivity index (χ4v) is 3.76. The number of morpholine rings is 1. The Morgan fingerprint density at radius 2 is 1.87 bits per heavy atom. The molecule has 2 aliphatic heterocycles. The van der Waals surface area contributed by atoms with E-state index in [1.807, 2.05) is 43.0 Å². The summed E-state index contributed by atoms with van der Waals surface area (Å²) in [5.74, 6) is 0.966. The van der Waals surface area contributed by atoms with E-state index in [0.717, 1.165) is 0 Å². The summed E-state index contributed by atoms with van der Waals surface area (Å²) in [7, 11) is 0. The van der Waals surface area contributed by atoms with Crippen molar-refractivity contribution in [1.29, 1.82) is 0 Å². The van der Waals surface area contributed by atoms with Gasteiger partial charge in [0.1, 0.15) is 12.4 Å². The largest absolute Gasteiger partial charge is 0.486 e. The first-order valence-electron chi connectivity index (χ1n) is 10.1. The summed E-state index contributed by atoms with van der Waals surface area (Å²) in [5, 5.41) is 5.40. The molecule has 2 heterocycles. The Balaban J connectivity index is 1.30. The molecule has 1 fully saturated rings. The normalized spacial score (nSPS) is 23.0. The van der Waals surface area contributed by atoms with E-state index in [4.69, 9.17) is 14.2 Å². The van der Waals surface area contributed by atoms with Crippen molar-refractivity contribution in [3.8, 4) is 11.5 Å². The molecule has 0 aliphatic carbocycles. The topological polar surface area (TPSA) is 72.1 Å². The fraction of sp³-hybridized carbons (Fsp3) is 0.409. The number of rotatable bonds is 4. The van der Waals surface area contributed by atoms with Crippen LogP contribution in [0.5, 0.6) is 11.5 Å². The summed E-state index contributed by atoms with van der Waals surface area (Å²) in [6, 6.07) is 11.7. The number of nitrogens with zero attached hydrogens (tertiary/aromatic N) is 1. The van der Waals surface area contributed by atoms with E-state index in [1.165, 1.54) is 6.07 Å². The zero-order valence-electron chi connectivity index (χ0n) is 17.1. The van der Waals surface area contributed by atoms with Gasteiger partial charge in [-0.25, -0.2) is 9.18 Å². The van der Waals surface area contributed by atoms with Crippen molar-refractivity contribution in [2.24, 2.45) is 0 Å². The van der Waals surface area contributed by atoms with Gasteiger partial charge in [-0.3, -0.25) is 0 Å². The van der Waals surface area contributed by atoms with E-state index in [0.29, 0.717) is 42.6 Å². The monoisotopic (exact) mass is 415 g/mol. The number of hydrogen-bond acceptors (Lipinski definition) is 5. The van der Waals surface area contributed by atoms with E-state index in [2.05, 4.69) is 10.6 Å². The van der Waals surface area contributed by atoms with Gasteiger partial charge in [0.2, 0.25) is 0 Å². The molecular weight excluding hydrogens is 389 g/mol. The van der Waals surface area contributed by atoms with Gasteiger partial charge in [0.05, 0.1) is 24.4 Å². The SMILES string of the molecule is C[C@@H]1CN(c2ccc(NC(=O)NC[C@@H]3COc4ccccc4O3)cc2F)C[C@H](C)O1. The number of hydrogen-bond donors (Lipinski definition) is 2. The molecule has 0 bridgehead atoms. The van der Waals surface area contributed by atoms with E-state index in [-0.39, 0.29) is 30.7 Å². The number of fused-ring (bicyclic) bond motifs is 1. The molecule has 30 heavy (non-hydrogen) atoms. The molecule has 160 valence electrons. The van der Waals surface area contributed by atoms with Gasteiger partial charge >= 0.3 is 6.03 Å². The first-order chi connectivity index (χ1) is 14.5. The second-order valence-electron chi connectivity index (χ2n) is 7.66. The molecule has 0 radical (unpaired) electrons. The van der Waals surface area contributed by atoms with Crippen LogP contribution in [0, 0.1) is 5.82 Å². The Labute approximate surface area is 175 Å². The number of para-hydroxylation sites is 2. The van der Waals surface area contributed by atoms with Crippen LogP contribution >= 0.6 is 0 Å². The van der Waals surface area contributed by atoms with Crippen LogP contribution in [0.25, 0.3) is 0 Å². The van der Waals surface area contributed by atoms with E-state index < -0.39 is 6.03 Å². The first-order valence-corrected chi connectivity index (χ1v) is 10.1. The highest BCUT2D eigenvalue weighted by atomic mass is 19.1. The summed E-state index contributed by atoms with van der Waals surface area (Å²) in [6.07, 6.45) is -0.223. The average Bonchev–Trinajstić information content (AvgIpc) is 2.71. The number of ether oxygens (including phenoxy) is 3. The van der Waals surface area contributed by atoms with Crippen LogP contribution in [-0.4, -0.2) is 50.6 Å². The molecule has 2 amide bonds. The van der Waals surface area contributed by atoms with Crippen LogP contribution in [0.15, 0.2) is 42.5 Å². The molecule has 1 saturated heterocycles. The molecule has 2 aliphatic rings. The van der Waals surface area contributed by atoms with Gasteiger partial charge in [-0.05, 0) is 44.2 Å². The van der Waals surface area contributed by atoms with Crippen molar-refractivity contribution >= 4 is 17.4 Å². The van der Waals surface area contributed by atoms with Gasteiger partial charge in [0, 0.05) is 18.8 Å². The van der Waals surface area contributed by atoms with Crippen LogP contribution in [-0.2, 0) is 4.74 Å². The quantitative estimate of drug-likeness (QED) is 0.801. The van der Waals surface area contributed by atoms with Crippen molar-refractivity contribution in [2.75, 3.05) is 36.5 Å². The average molecular weight is 415 g/mol. The molecule has 3 atom stereocenters. The first kappa shape index (κ1) is 20.3. The maximum Gasteiger partial charge on any atom is 0.319 e. The number of urea groups is 1. The second-order valence-corrected chi connectivity index (χ2v) is 7.66. The molecule has 0 spiro atoms. The standard InChI is InChI=1S/C22H26FN3O4/c1-14-11-26(12-15(2)29-14)19-8-7-16(9-18(19)23)25-22(27)24-10-17-13-28-20-5-3-4-6-21(20)30-17/h3-9,14-15,17H,10-13H2,1-2H3,(H2,24,25,27)/t14-,15+,17-/m1/s1. The lowest BCUT2D eigenvalue weighted by Gasteiger charge is -2.37. The van der Waals surface area contributed by atoms with Crippen LogP contribution in [0.2, 0.25) is 0 Å². The Bertz CT molecular complexity index is 900. The third-order valence-electron chi connectivity index (χ3n) is 5.02. The number of anilines is 2. The lowest BCUT2D eigenvalue weighted by Crippen LogP contribution is -2.45. The maximum atomic E-state index is 14.7. The lowest BCUT2D eigenvalue weighted by molar-refractivity contribution is -0.00539. The fourth-order valence-electron chi connectivity index (χ4n) is 3.76. The Morgan fingerprint density at radius 3 is 2.60 bits per heavy atom. The van der Waals surface area contributed by atoms with E-state index in [1.54, 1.807) is 12.1 Å². The van der Waals surface area contributed by atoms with Crippen molar-refractivity contribution in [3.05, 3.63) is 48.3 Å². The smallest absolute Gasteiger partial charge is 0.319 e. The number of carbonyl (C=O) groups excluding carboxylic acids is 1. The molecule has 0 aromatic heterocycles. The second kappa shape index (κ2) is 8.79. The molecule has 8 heteroatoms. The molecular formula is C22H26FN3O4.